The molecule has 2 heterocycles. The number of hydrogen-bond donors (Lipinski definition) is 0. The Hall–Kier alpha value is -3.11. The van der Waals surface area contributed by atoms with Crippen LogP contribution in [0.5, 0.6) is 0 Å². The molecule has 0 atom stereocenters. The summed E-state index contributed by atoms with van der Waals surface area (Å²) in [7, 11) is 0. The third kappa shape index (κ3) is 3.64. The number of carbonyl (C=O) groups is 1. The average molecular weight is 391 g/mol. The molecule has 0 aliphatic carbocycles. The van der Waals surface area contributed by atoms with E-state index in [1.54, 1.807) is 6.92 Å². The zero-order valence-electron chi connectivity index (χ0n) is 15.4. The lowest BCUT2D eigenvalue weighted by Gasteiger charge is -2.07. The summed E-state index contributed by atoms with van der Waals surface area (Å²) in [5.41, 5.74) is 5.41. The Morgan fingerprint density at radius 3 is 2.39 bits per heavy atom. The predicted molar refractivity (Wildman–Crippen MR) is 111 cm³/mol. The summed E-state index contributed by atoms with van der Waals surface area (Å²) in [5.74, 6) is -0.273. The van der Waals surface area contributed by atoms with Gasteiger partial charge in [-0.1, -0.05) is 54.1 Å². The standard InChI is InChI=1S/C23H19ClN2O2/c1-2-28-22(27)14-20-23(17-8-11-19(24)12-9-17)25-21-13-10-18(15-26(20)21)16-6-4-3-5-7-16/h3-13,15H,2,14H2,1H3. The molecule has 140 valence electrons. The highest BCUT2D eigenvalue weighted by Gasteiger charge is 2.18. The Morgan fingerprint density at radius 1 is 0.964 bits per heavy atom. The van der Waals surface area contributed by atoms with E-state index in [1.807, 2.05) is 65.2 Å². The Morgan fingerprint density at radius 2 is 1.68 bits per heavy atom. The van der Waals surface area contributed by atoms with E-state index in [4.69, 9.17) is 21.3 Å². The van der Waals surface area contributed by atoms with Crippen molar-refractivity contribution in [3.63, 3.8) is 0 Å². The van der Waals surface area contributed by atoms with Crippen molar-refractivity contribution in [1.29, 1.82) is 0 Å². The molecular formula is C23H19ClN2O2. The minimum absolute atomic E-state index is 0.144. The molecule has 0 amide bonds. The molecule has 5 heteroatoms. The normalized spacial score (nSPS) is 10.9. The molecule has 0 fully saturated rings. The van der Waals surface area contributed by atoms with Crippen molar-refractivity contribution in [2.75, 3.05) is 6.61 Å². The number of pyridine rings is 1. The number of nitrogens with zero attached hydrogens (tertiary/aromatic N) is 2. The number of fused-ring (bicyclic) bond motifs is 1. The van der Waals surface area contributed by atoms with Crippen LogP contribution in [0.2, 0.25) is 5.02 Å². The van der Waals surface area contributed by atoms with Crippen LogP contribution in [0.4, 0.5) is 0 Å². The van der Waals surface area contributed by atoms with E-state index in [9.17, 15) is 4.79 Å². The van der Waals surface area contributed by atoms with Crippen molar-refractivity contribution < 1.29 is 9.53 Å². The van der Waals surface area contributed by atoms with Crippen molar-refractivity contribution in [2.24, 2.45) is 0 Å². The number of halogens is 1. The molecule has 2 aromatic carbocycles. The van der Waals surface area contributed by atoms with E-state index >= 15 is 0 Å². The summed E-state index contributed by atoms with van der Waals surface area (Å²) in [6, 6.07) is 21.6. The Labute approximate surface area is 168 Å². The van der Waals surface area contributed by atoms with Gasteiger partial charge in [-0.05, 0) is 42.3 Å². The molecule has 0 saturated heterocycles. The molecule has 0 radical (unpaired) electrons. The third-order valence-electron chi connectivity index (χ3n) is 4.56. The summed E-state index contributed by atoms with van der Waals surface area (Å²) in [5, 5.41) is 0.658. The quantitative estimate of drug-likeness (QED) is 0.427. The van der Waals surface area contributed by atoms with Crippen LogP contribution in [0.3, 0.4) is 0 Å². The van der Waals surface area contributed by atoms with Crippen molar-refractivity contribution in [1.82, 2.24) is 9.38 Å². The van der Waals surface area contributed by atoms with E-state index in [2.05, 4.69) is 12.1 Å². The van der Waals surface area contributed by atoms with Gasteiger partial charge in [0, 0.05) is 16.8 Å². The van der Waals surface area contributed by atoms with Crippen molar-refractivity contribution >= 4 is 23.2 Å². The minimum Gasteiger partial charge on any atom is -0.466 e. The van der Waals surface area contributed by atoms with E-state index in [1.165, 1.54) is 0 Å². The molecule has 0 saturated carbocycles. The Bertz CT molecular complexity index is 1120. The van der Waals surface area contributed by atoms with Gasteiger partial charge in [-0.2, -0.15) is 0 Å². The van der Waals surface area contributed by atoms with Gasteiger partial charge >= 0.3 is 5.97 Å². The van der Waals surface area contributed by atoms with Crippen LogP contribution in [0, 0.1) is 0 Å². The van der Waals surface area contributed by atoms with Gasteiger partial charge in [0.25, 0.3) is 0 Å². The maximum atomic E-state index is 12.3. The van der Waals surface area contributed by atoms with E-state index < -0.39 is 0 Å². The molecule has 4 aromatic rings. The summed E-state index contributed by atoms with van der Waals surface area (Å²) in [6.45, 7) is 2.15. The molecule has 4 rings (SSSR count). The molecule has 0 aliphatic heterocycles. The van der Waals surface area contributed by atoms with E-state index in [0.29, 0.717) is 11.6 Å². The molecule has 0 bridgehead atoms. The number of benzene rings is 2. The monoisotopic (exact) mass is 390 g/mol. The summed E-state index contributed by atoms with van der Waals surface area (Å²) in [6.07, 6.45) is 2.16. The first-order chi connectivity index (χ1) is 13.7. The lowest BCUT2D eigenvalue weighted by atomic mass is 10.1. The van der Waals surface area contributed by atoms with Crippen molar-refractivity contribution in [3.05, 3.63) is 83.6 Å². The van der Waals surface area contributed by atoms with Crippen molar-refractivity contribution in [2.45, 2.75) is 13.3 Å². The van der Waals surface area contributed by atoms with Gasteiger partial charge in [0.2, 0.25) is 0 Å². The number of esters is 1. The highest BCUT2D eigenvalue weighted by atomic mass is 35.5. The van der Waals surface area contributed by atoms with Crippen LogP contribution < -0.4 is 0 Å². The zero-order valence-corrected chi connectivity index (χ0v) is 16.2. The number of carbonyl (C=O) groups excluding carboxylic acids is 1. The van der Waals surface area contributed by atoms with Gasteiger partial charge < -0.3 is 9.14 Å². The van der Waals surface area contributed by atoms with Crippen LogP contribution in [0.1, 0.15) is 12.6 Å². The van der Waals surface area contributed by atoms with Crippen LogP contribution in [0.25, 0.3) is 28.0 Å². The summed E-state index contributed by atoms with van der Waals surface area (Å²) in [4.78, 5) is 17.0. The van der Waals surface area contributed by atoms with Gasteiger partial charge in [0.15, 0.2) is 0 Å². The van der Waals surface area contributed by atoms with Gasteiger partial charge in [0.05, 0.1) is 24.4 Å². The van der Waals surface area contributed by atoms with Gasteiger partial charge in [-0.25, -0.2) is 4.98 Å². The summed E-state index contributed by atoms with van der Waals surface area (Å²) < 4.78 is 7.16. The van der Waals surface area contributed by atoms with Gasteiger partial charge in [0.1, 0.15) is 5.65 Å². The molecule has 0 unspecified atom stereocenters. The Kier molecular flexibility index (Phi) is 5.13. The first kappa shape index (κ1) is 18.3. The Balaban J connectivity index is 1.88. The fourth-order valence-corrected chi connectivity index (χ4v) is 3.38. The first-order valence-electron chi connectivity index (χ1n) is 9.13. The largest absolute Gasteiger partial charge is 0.466 e. The smallest absolute Gasteiger partial charge is 0.311 e. The van der Waals surface area contributed by atoms with E-state index in [0.717, 1.165) is 33.7 Å². The number of hydrogen-bond acceptors (Lipinski definition) is 3. The van der Waals surface area contributed by atoms with Crippen LogP contribution in [0.15, 0.2) is 72.9 Å². The number of imidazole rings is 1. The highest BCUT2D eigenvalue weighted by Crippen LogP contribution is 2.28. The number of aromatic nitrogens is 2. The van der Waals surface area contributed by atoms with Crippen LogP contribution in [-0.4, -0.2) is 22.0 Å². The van der Waals surface area contributed by atoms with E-state index in [-0.39, 0.29) is 12.4 Å². The average Bonchev–Trinajstić information content (AvgIpc) is 3.07. The highest BCUT2D eigenvalue weighted by molar-refractivity contribution is 6.30. The zero-order chi connectivity index (χ0) is 19.5. The number of ether oxygens (including phenoxy) is 1. The van der Waals surface area contributed by atoms with Crippen LogP contribution in [-0.2, 0) is 16.0 Å². The molecule has 28 heavy (non-hydrogen) atoms. The second kappa shape index (κ2) is 7.87. The van der Waals surface area contributed by atoms with Gasteiger partial charge in [-0.3, -0.25) is 4.79 Å². The molecule has 0 N–H and O–H groups in total. The van der Waals surface area contributed by atoms with Crippen molar-refractivity contribution in [3.8, 4) is 22.4 Å². The lowest BCUT2D eigenvalue weighted by Crippen LogP contribution is -2.10. The fourth-order valence-electron chi connectivity index (χ4n) is 3.25. The second-order valence-corrected chi connectivity index (χ2v) is 6.84. The maximum absolute atomic E-state index is 12.3. The first-order valence-corrected chi connectivity index (χ1v) is 9.51. The minimum atomic E-state index is -0.273. The molecular weight excluding hydrogens is 372 g/mol. The molecule has 0 spiro atoms. The third-order valence-corrected chi connectivity index (χ3v) is 4.81. The molecule has 2 aromatic heterocycles. The van der Waals surface area contributed by atoms with Gasteiger partial charge in [-0.15, -0.1) is 0 Å². The molecule has 0 aliphatic rings. The SMILES string of the molecule is CCOC(=O)Cc1c(-c2ccc(Cl)cc2)nc2ccc(-c3ccccc3)cn12. The fraction of sp³-hybridized carbons (Fsp3) is 0.130. The number of rotatable bonds is 5. The maximum Gasteiger partial charge on any atom is 0.311 e. The second-order valence-electron chi connectivity index (χ2n) is 6.41. The molecule has 4 nitrogen and oxygen atoms in total. The topological polar surface area (TPSA) is 43.6 Å². The van der Waals surface area contributed by atoms with Crippen LogP contribution >= 0.6 is 11.6 Å². The predicted octanol–water partition coefficient (Wildman–Crippen LogP) is 5.43. The summed E-state index contributed by atoms with van der Waals surface area (Å²) >= 11 is 6.03. The lowest BCUT2D eigenvalue weighted by molar-refractivity contribution is -0.142.